The zero-order chi connectivity index (χ0) is 11.5. The summed E-state index contributed by atoms with van der Waals surface area (Å²) in [4.78, 5) is 16.3. The molecule has 5 nitrogen and oxygen atoms in total. The second kappa shape index (κ2) is 4.67. The number of hydrogen-bond donors (Lipinski definition) is 3. The molecule has 0 bridgehead atoms. The zero-order valence-corrected chi connectivity index (χ0v) is 9.31. The number of carbonyl (C=O) groups is 1. The van der Waals surface area contributed by atoms with Crippen molar-refractivity contribution in [1.82, 2.24) is 15.2 Å². The molecule has 2 heterocycles. The topological polar surface area (TPSA) is 68.4 Å². The van der Waals surface area contributed by atoms with Crippen molar-refractivity contribution in [2.75, 3.05) is 19.6 Å². The maximum Gasteiger partial charge on any atom is 0.322 e. The van der Waals surface area contributed by atoms with Crippen LogP contribution in [0.1, 0.15) is 18.7 Å². The molecule has 1 saturated heterocycles. The normalized spacial score (nSPS) is 24.2. The first-order valence-electron chi connectivity index (χ1n) is 5.52. The number of aliphatic carboxylic acids is 1. The van der Waals surface area contributed by atoms with E-state index in [0.717, 1.165) is 18.8 Å². The Kier molecular flexibility index (Phi) is 3.26. The Morgan fingerprint density at radius 3 is 3.12 bits per heavy atom. The van der Waals surface area contributed by atoms with Gasteiger partial charge in [-0.15, -0.1) is 0 Å². The Morgan fingerprint density at radius 1 is 1.69 bits per heavy atom. The first-order valence-corrected chi connectivity index (χ1v) is 5.52. The molecule has 5 heteroatoms. The molecule has 16 heavy (non-hydrogen) atoms. The lowest BCUT2D eigenvalue weighted by Crippen LogP contribution is -2.54. The molecular formula is C11H17N3O2. The summed E-state index contributed by atoms with van der Waals surface area (Å²) < 4.78 is 0. The van der Waals surface area contributed by atoms with Gasteiger partial charge in [-0.2, -0.15) is 0 Å². The molecule has 2 rings (SSSR count). The van der Waals surface area contributed by atoms with Crippen molar-refractivity contribution in [3.63, 3.8) is 0 Å². The van der Waals surface area contributed by atoms with Gasteiger partial charge in [-0.1, -0.05) is 0 Å². The lowest BCUT2D eigenvalue weighted by molar-refractivity contribution is -0.140. The van der Waals surface area contributed by atoms with Crippen LogP contribution in [0.25, 0.3) is 0 Å². The summed E-state index contributed by atoms with van der Waals surface area (Å²) in [6.07, 6.45) is 1.89. The number of rotatable bonds is 3. The fourth-order valence-corrected chi connectivity index (χ4v) is 2.09. The van der Waals surface area contributed by atoms with Gasteiger partial charge >= 0.3 is 5.97 Å². The van der Waals surface area contributed by atoms with Crippen LogP contribution in [0.4, 0.5) is 0 Å². The molecule has 0 unspecified atom stereocenters. The second-order valence-corrected chi connectivity index (χ2v) is 4.14. The molecule has 1 aromatic rings. The third-order valence-corrected chi connectivity index (χ3v) is 3.12. The van der Waals surface area contributed by atoms with E-state index in [1.807, 2.05) is 18.3 Å². The number of carboxylic acids is 1. The number of piperazine rings is 1. The van der Waals surface area contributed by atoms with Crippen LogP contribution < -0.4 is 5.32 Å². The van der Waals surface area contributed by atoms with Crippen LogP contribution in [-0.2, 0) is 4.79 Å². The molecule has 0 aliphatic carbocycles. The molecule has 0 amide bonds. The van der Waals surface area contributed by atoms with Crippen LogP contribution in [-0.4, -0.2) is 46.6 Å². The van der Waals surface area contributed by atoms with Crippen molar-refractivity contribution in [2.24, 2.45) is 0 Å². The summed E-state index contributed by atoms with van der Waals surface area (Å²) in [5.41, 5.74) is 1.13. The van der Waals surface area contributed by atoms with E-state index in [1.165, 1.54) is 0 Å². The van der Waals surface area contributed by atoms with E-state index in [-0.39, 0.29) is 6.04 Å². The van der Waals surface area contributed by atoms with Gasteiger partial charge in [-0.25, -0.2) is 0 Å². The van der Waals surface area contributed by atoms with Crippen LogP contribution in [0, 0.1) is 0 Å². The molecule has 88 valence electrons. The summed E-state index contributed by atoms with van der Waals surface area (Å²) in [7, 11) is 0. The Labute approximate surface area is 94.5 Å². The van der Waals surface area contributed by atoms with Gasteiger partial charge in [0.25, 0.3) is 0 Å². The molecule has 0 aromatic carbocycles. The van der Waals surface area contributed by atoms with Gasteiger partial charge in [-0.05, 0) is 19.1 Å². The summed E-state index contributed by atoms with van der Waals surface area (Å²) in [5, 5.41) is 12.0. The lowest BCUT2D eigenvalue weighted by atomic mass is 10.1. The Hall–Kier alpha value is -1.33. The van der Waals surface area contributed by atoms with E-state index in [0.29, 0.717) is 6.54 Å². The van der Waals surface area contributed by atoms with Crippen LogP contribution in [0.15, 0.2) is 18.3 Å². The van der Waals surface area contributed by atoms with Crippen LogP contribution >= 0.6 is 0 Å². The smallest absolute Gasteiger partial charge is 0.322 e. The molecule has 1 fully saturated rings. The quantitative estimate of drug-likeness (QED) is 0.695. The minimum atomic E-state index is -0.775. The maximum atomic E-state index is 10.9. The Balaban J connectivity index is 2.01. The van der Waals surface area contributed by atoms with Gasteiger partial charge < -0.3 is 15.4 Å². The number of H-pyrrole nitrogens is 1. The number of nitrogens with zero attached hydrogens (tertiary/aromatic N) is 1. The minimum Gasteiger partial charge on any atom is -0.480 e. The van der Waals surface area contributed by atoms with Crippen molar-refractivity contribution in [2.45, 2.75) is 19.0 Å². The Bertz CT molecular complexity index is 350. The maximum absolute atomic E-state index is 10.9. The molecule has 1 aliphatic heterocycles. The van der Waals surface area contributed by atoms with Crippen molar-refractivity contribution in [3.8, 4) is 0 Å². The number of aromatic amines is 1. The highest BCUT2D eigenvalue weighted by molar-refractivity contribution is 5.73. The fraction of sp³-hybridized carbons (Fsp3) is 0.545. The van der Waals surface area contributed by atoms with Crippen molar-refractivity contribution in [3.05, 3.63) is 24.0 Å². The third kappa shape index (κ3) is 2.25. The van der Waals surface area contributed by atoms with Crippen molar-refractivity contribution >= 4 is 5.97 Å². The average molecular weight is 223 g/mol. The number of carboxylic acid groups (broad SMARTS) is 1. The van der Waals surface area contributed by atoms with Crippen molar-refractivity contribution in [1.29, 1.82) is 0 Å². The van der Waals surface area contributed by atoms with E-state index in [4.69, 9.17) is 5.11 Å². The van der Waals surface area contributed by atoms with Gasteiger partial charge in [-0.3, -0.25) is 9.69 Å². The average Bonchev–Trinajstić information content (AvgIpc) is 2.81. The minimum absolute atomic E-state index is 0.235. The van der Waals surface area contributed by atoms with Gasteiger partial charge in [0.1, 0.15) is 6.04 Å². The van der Waals surface area contributed by atoms with Crippen molar-refractivity contribution < 1.29 is 9.90 Å². The first-order chi connectivity index (χ1) is 7.68. The van der Waals surface area contributed by atoms with Gasteiger partial charge in [0.2, 0.25) is 0 Å². The van der Waals surface area contributed by atoms with E-state index >= 15 is 0 Å². The van der Waals surface area contributed by atoms with Gasteiger partial charge in [0.15, 0.2) is 0 Å². The highest BCUT2D eigenvalue weighted by Gasteiger charge is 2.28. The van der Waals surface area contributed by atoms with Crippen LogP contribution in [0.5, 0.6) is 0 Å². The van der Waals surface area contributed by atoms with Crippen LogP contribution in [0.2, 0.25) is 0 Å². The summed E-state index contributed by atoms with van der Waals surface area (Å²) in [5.74, 6) is -0.775. The zero-order valence-electron chi connectivity index (χ0n) is 9.31. The second-order valence-electron chi connectivity index (χ2n) is 4.14. The molecule has 0 spiro atoms. The van der Waals surface area contributed by atoms with E-state index in [1.54, 1.807) is 0 Å². The monoisotopic (exact) mass is 223 g/mol. The van der Waals surface area contributed by atoms with E-state index in [9.17, 15) is 4.79 Å². The highest BCUT2D eigenvalue weighted by atomic mass is 16.4. The molecule has 1 aliphatic rings. The van der Waals surface area contributed by atoms with Crippen LogP contribution in [0.3, 0.4) is 0 Å². The first kappa shape index (κ1) is 11.2. The fourth-order valence-electron chi connectivity index (χ4n) is 2.09. The lowest BCUT2D eigenvalue weighted by Gasteiger charge is -2.35. The molecule has 0 saturated carbocycles. The molecule has 1 aromatic heterocycles. The predicted octanol–water partition coefficient (Wildman–Crippen LogP) is 0.434. The molecule has 2 atom stereocenters. The van der Waals surface area contributed by atoms with E-state index in [2.05, 4.69) is 22.1 Å². The summed E-state index contributed by atoms with van der Waals surface area (Å²) in [6.45, 7) is 4.25. The Morgan fingerprint density at radius 2 is 2.50 bits per heavy atom. The third-order valence-electron chi connectivity index (χ3n) is 3.12. The molecular weight excluding hydrogens is 206 g/mol. The molecule has 0 radical (unpaired) electrons. The SMILES string of the molecule is C[C@H](c1ccc[nH]1)N1CCN[C@H](C(=O)O)C1. The number of nitrogens with one attached hydrogen (secondary N) is 2. The highest BCUT2D eigenvalue weighted by Crippen LogP contribution is 2.19. The van der Waals surface area contributed by atoms with E-state index < -0.39 is 12.0 Å². The molecule has 3 N–H and O–H groups in total. The summed E-state index contributed by atoms with van der Waals surface area (Å²) in [6, 6.07) is 3.77. The largest absolute Gasteiger partial charge is 0.480 e. The number of hydrogen-bond acceptors (Lipinski definition) is 3. The standard InChI is InChI=1S/C11H17N3O2/c1-8(9-3-2-4-12-9)14-6-5-13-10(7-14)11(15)16/h2-4,8,10,12-13H,5-7H2,1H3,(H,15,16)/t8-,10+/m1/s1. The van der Waals surface area contributed by atoms with Gasteiger partial charge in [0, 0.05) is 37.6 Å². The van der Waals surface area contributed by atoms with Gasteiger partial charge in [0.05, 0.1) is 0 Å². The summed E-state index contributed by atoms with van der Waals surface area (Å²) >= 11 is 0. The number of aromatic nitrogens is 1. The predicted molar refractivity (Wildman–Crippen MR) is 60.2 cm³/mol.